The smallest absolute Gasteiger partial charge is 0.0722 e. The Morgan fingerprint density at radius 3 is 2.61 bits per heavy atom. The monoisotopic (exact) mass is 251 g/mol. The lowest BCUT2D eigenvalue weighted by molar-refractivity contribution is -0.00186. The van der Waals surface area contributed by atoms with Crippen molar-refractivity contribution in [1.29, 1.82) is 0 Å². The van der Waals surface area contributed by atoms with E-state index in [1.54, 1.807) is 0 Å². The number of hydrogen-bond acceptors (Lipinski definition) is 3. The van der Waals surface area contributed by atoms with E-state index in [4.69, 9.17) is 0 Å². The van der Waals surface area contributed by atoms with Crippen LogP contribution in [0, 0.1) is 0 Å². The van der Waals surface area contributed by atoms with Gasteiger partial charge in [-0.2, -0.15) is 5.10 Å². The number of aliphatic hydroxyl groups excluding tert-OH is 1. The van der Waals surface area contributed by atoms with Gasteiger partial charge >= 0.3 is 0 Å². The van der Waals surface area contributed by atoms with Crippen molar-refractivity contribution in [2.24, 2.45) is 7.05 Å². The minimum absolute atomic E-state index is 0.116. The van der Waals surface area contributed by atoms with Gasteiger partial charge in [-0.15, -0.1) is 0 Å². The average Bonchev–Trinajstić information content (AvgIpc) is 2.97. The molecule has 1 aromatic heterocycles. The zero-order valence-corrected chi connectivity index (χ0v) is 11.8. The standard InChI is InChI=1S/C14H25N3O/c1-14(2,17-10-4-5-11-17)13(18)7-6-12-8-9-15-16(12)3/h8-9,13,18H,4-7,10-11H2,1-3H3. The van der Waals surface area contributed by atoms with Gasteiger partial charge < -0.3 is 5.11 Å². The van der Waals surface area contributed by atoms with E-state index in [-0.39, 0.29) is 11.6 Å². The van der Waals surface area contributed by atoms with Gasteiger partial charge in [0.15, 0.2) is 0 Å². The molecule has 1 aliphatic heterocycles. The maximum atomic E-state index is 10.5. The molecule has 2 rings (SSSR count). The van der Waals surface area contributed by atoms with Gasteiger partial charge in [-0.3, -0.25) is 9.58 Å². The Morgan fingerprint density at radius 2 is 2.06 bits per heavy atom. The number of aryl methyl sites for hydroxylation is 2. The summed E-state index contributed by atoms with van der Waals surface area (Å²) in [7, 11) is 1.95. The number of aliphatic hydroxyl groups is 1. The predicted octanol–water partition coefficient (Wildman–Crippen LogP) is 1.59. The second kappa shape index (κ2) is 5.41. The summed E-state index contributed by atoms with van der Waals surface area (Å²) < 4.78 is 1.88. The topological polar surface area (TPSA) is 41.3 Å². The molecule has 2 heterocycles. The van der Waals surface area contributed by atoms with Gasteiger partial charge in [0.25, 0.3) is 0 Å². The second-order valence-electron chi connectivity index (χ2n) is 5.85. The van der Waals surface area contributed by atoms with Gasteiger partial charge in [0.1, 0.15) is 0 Å². The number of rotatable bonds is 5. The molecule has 1 unspecified atom stereocenters. The lowest BCUT2D eigenvalue weighted by atomic mass is 9.91. The van der Waals surface area contributed by atoms with Crippen LogP contribution in [0.1, 0.15) is 38.8 Å². The molecule has 18 heavy (non-hydrogen) atoms. The Balaban J connectivity index is 1.90. The lowest BCUT2D eigenvalue weighted by Gasteiger charge is -2.39. The molecule has 0 aromatic carbocycles. The SMILES string of the molecule is Cn1nccc1CCC(O)C(C)(C)N1CCCC1. The third-order valence-electron chi connectivity index (χ3n) is 4.33. The van der Waals surface area contributed by atoms with Crippen LogP contribution >= 0.6 is 0 Å². The van der Waals surface area contributed by atoms with E-state index in [1.807, 2.05) is 24.0 Å². The first-order valence-corrected chi connectivity index (χ1v) is 6.92. The number of nitrogens with zero attached hydrogens (tertiary/aromatic N) is 3. The molecule has 0 aliphatic carbocycles. The second-order valence-corrected chi connectivity index (χ2v) is 5.85. The molecule has 1 fully saturated rings. The molecule has 0 saturated carbocycles. The number of likely N-dealkylation sites (tertiary alicyclic amines) is 1. The van der Waals surface area contributed by atoms with Gasteiger partial charge in [-0.25, -0.2) is 0 Å². The largest absolute Gasteiger partial charge is 0.391 e. The van der Waals surface area contributed by atoms with Crippen LogP contribution in [0.4, 0.5) is 0 Å². The molecular formula is C14H25N3O. The molecule has 1 atom stereocenters. The van der Waals surface area contributed by atoms with Crippen LogP contribution in [0.15, 0.2) is 12.3 Å². The summed E-state index contributed by atoms with van der Waals surface area (Å²) in [5.41, 5.74) is 1.07. The van der Waals surface area contributed by atoms with Crippen molar-refractivity contribution in [3.63, 3.8) is 0 Å². The maximum Gasteiger partial charge on any atom is 0.0722 e. The maximum absolute atomic E-state index is 10.5. The minimum atomic E-state index is -0.287. The minimum Gasteiger partial charge on any atom is -0.391 e. The first-order chi connectivity index (χ1) is 8.51. The van der Waals surface area contributed by atoms with Gasteiger partial charge in [0.2, 0.25) is 0 Å². The van der Waals surface area contributed by atoms with Crippen LogP contribution in [0.2, 0.25) is 0 Å². The van der Waals surface area contributed by atoms with Gasteiger partial charge in [-0.05, 0) is 58.7 Å². The van der Waals surface area contributed by atoms with Crippen molar-refractivity contribution in [2.75, 3.05) is 13.1 Å². The predicted molar refractivity (Wildman–Crippen MR) is 72.4 cm³/mol. The Hall–Kier alpha value is -0.870. The highest BCUT2D eigenvalue weighted by Crippen LogP contribution is 2.26. The van der Waals surface area contributed by atoms with E-state index in [1.165, 1.54) is 18.5 Å². The molecule has 1 saturated heterocycles. The van der Waals surface area contributed by atoms with Crippen molar-refractivity contribution < 1.29 is 5.11 Å². The summed E-state index contributed by atoms with van der Waals surface area (Å²) >= 11 is 0. The normalized spacial score (nSPS) is 19.3. The summed E-state index contributed by atoms with van der Waals surface area (Å²) in [6.45, 7) is 6.56. The molecule has 1 N–H and O–H groups in total. The van der Waals surface area contributed by atoms with Crippen LogP contribution < -0.4 is 0 Å². The van der Waals surface area contributed by atoms with E-state index in [2.05, 4.69) is 23.8 Å². The molecule has 4 nitrogen and oxygen atoms in total. The fourth-order valence-electron chi connectivity index (χ4n) is 2.79. The molecule has 102 valence electrons. The fourth-order valence-corrected chi connectivity index (χ4v) is 2.79. The van der Waals surface area contributed by atoms with Crippen LogP contribution in [0.5, 0.6) is 0 Å². The van der Waals surface area contributed by atoms with Crippen molar-refractivity contribution in [2.45, 2.75) is 51.2 Å². The van der Waals surface area contributed by atoms with Crippen LogP contribution in [-0.4, -0.2) is 44.5 Å². The Bertz CT molecular complexity index is 380. The Kier molecular flexibility index (Phi) is 4.07. The van der Waals surface area contributed by atoms with Gasteiger partial charge in [-0.1, -0.05) is 0 Å². The van der Waals surface area contributed by atoms with Crippen molar-refractivity contribution in [1.82, 2.24) is 14.7 Å². The van der Waals surface area contributed by atoms with E-state index in [9.17, 15) is 5.11 Å². The third kappa shape index (κ3) is 2.75. The Labute approximate surface area is 110 Å². The van der Waals surface area contributed by atoms with Crippen LogP contribution in [0.25, 0.3) is 0 Å². The first kappa shape index (κ1) is 13.6. The highest BCUT2D eigenvalue weighted by molar-refractivity contribution is 5.01. The molecule has 1 aliphatic rings. The summed E-state index contributed by atoms with van der Waals surface area (Å²) in [4.78, 5) is 2.42. The number of aromatic nitrogens is 2. The van der Waals surface area contributed by atoms with Gasteiger partial charge in [0, 0.05) is 24.5 Å². The zero-order valence-electron chi connectivity index (χ0n) is 11.8. The van der Waals surface area contributed by atoms with Crippen molar-refractivity contribution >= 4 is 0 Å². The summed E-state index contributed by atoms with van der Waals surface area (Å²) in [5.74, 6) is 0. The van der Waals surface area contributed by atoms with E-state index < -0.39 is 0 Å². The molecule has 0 radical (unpaired) electrons. The van der Waals surface area contributed by atoms with E-state index in [0.29, 0.717) is 0 Å². The number of hydrogen-bond donors (Lipinski definition) is 1. The highest BCUT2D eigenvalue weighted by atomic mass is 16.3. The van der Waals surface area contributed by atoms with E-state index in [0.717, 1.165) is 25.9 Å². The quantitative estimate of drug-likeness (QED) is 0.864. The van der Waals surface area contributed by atoms with Crippen LogP contribution in [0.3, 0.4) is 0 Å². The average molecular weight is 251 g/mol. The molecule has 0 spiro atoms. The molecule has 1 aromatic rings. The van der Waals surface area contributed by atoms with Crippen molar-refractivity contribution in [3.05, 3.63) is 18.0 Å². The van der Waals surface area contributed by atoms with Gasteiger partial charge in [0.05, 0.1) is 6.10 Å². The Morgan fingerprint density at radius 1 is 1.39 bits per heavy atom. The van der Waals surface area contributed by atoms with Crippen molar-refractivity contribution in [3.8, 4) is 0 Å². The molecular weight excluding hydrogens is 226 g/mol. The first-order valence-electron chi connectivity index (χ1n) is 6.92. The molecule has 0 bridgehead atoms. The summed E-state index contributed by atoms with van der Waals surface area (Å²) in [5, 5.41) is 14.6. The summed E-state index contributed by atoms with van der Waals surface area (Å²) in [6, 6.07) is 2.02. The highest BCUT2D eigenvalue weighted by Gasteiger charge is 2.35. The van der Waals surface area contributed by atoms with Crippen LogP contribution in [-0.2, 0) is 13.5 Å². The molecule has 0 amide bonds. The third-order valence-corrected chi connectivity index (χ3v) is 4.33. The zero-order chi connectivity index (χ0) is 13.2. The fraction of sp³-hybridized carbons (Fsp3) is 0.786. The van der Waals surface area contributed by atoms with E-state index >= 15 is 0 Å². The lowest BCUT2D eigenvalue weighted by Crippen LogP contribution is -2.51. The molecule has 4 heteroatoms. The summed E-state index contributed by atoms with van der Waals surface area (Å²) in [6.07, 6.45) is 5.73.